The van der Waals surface area contributed by atoms with Crippen molar-refractivity contribution in [3.05, 3.63) is 41.5 Å². The average molecular weight is 371 g/mol. The highest BCUT2D eigenvalue weighted by molar-refractivity contribution is 5.91. The van der Waals surface area contributed by atoms with Crippen LogP contribution >= 0.6 is 0 Å². The molecule has 0 fully saturated rings. The van der Waals surface area contributed by atoms with Gasteiger partial charge in [0.15, 0.2) is 0 Å². The van der Waals surface area contributed by atoms with Gasteiger partial charge in [-0.2, -0.15) is 0 Å². The molecule has 0 spiro atoms. The van der Waals surface area contributed by atoms with Gasteiger partial charge < -0.3 is 10.6 Å². The van der Waals surface area contributed by atoms with Gasteiger partial charge in [-0.3, -0.25) is 9.59 Å². The summed E-state index contributed by atoms with van der Waals surface area (Å²) in [6, 6.07) is 7.95. The van der Waals surface area contributed by atoms with E-state index in [1.165, 1.54) is 36.8 Å². The molecule has 0 bridgehead atoms. The fraction of sp³-hybridized carbons (Fsp3) is 0.565. The van der Waals surface area contributed by atoms with E-state index in [0.29, 0.717) is 25.3 Å². The Morgan fingerprint density at radius 1 is 1.00 bits per heavy atom. The van der Waals surface area contributed by atoms with Crippen molar-refractivity contribution >= 4 is 17.5 Å². The number of rotatable bonds is 9. The molecule has 1 aliphatic rings. The maximum Gasteiger partial charge on any atom is 0.224 e. The first-order chi connectivity index (χ1) is 12.9. The average Bonchev–Trinajstić information content (AvgIpc) is 2.62. The summed E-state index contributed by atoms with van der Waals surface area (Å²) in [5.74, 6) is 0.490. The molecule has 27 heavy (non-hydrogen) atoms. The van der Waals surface area contributed by atoms with E-state index in [4.69, 9.17) is 0 Å². The molecule has 2 amide bonds. The summed E-state index contributed by atoms with van der Waals surface area (Å²) in [6.07, 6.45) is 8.91. The molecule has 1 aliphatic carbocycles. The summed E-state index contributed by atoms with van der Waals surface area (Å²) in [5.41, 5.74) is 3.53. The van der Waals surface area contributed by atoms with Gasteiger partial charge in [-0.25, -0.2) is 0 Å². The number of anilines is 1. The Morgan fingerprint density at radius 2 is 1.70 bits per heavy atom. The molecule has 0 saturated carbocycles. The van der Waals surface area contributed by atoms with Crippen LogP contribution in [0.15, 0.2) is 35.9 Å². The van der Waals surface area contributed by atoms with Gasteiger partial charge in [-0.15, -0.1) is 0 Å². The zero-order valence-electron chi connectivity index (χ0n) is 17.0. The zero-order valence-corrected chi connectivity index (χ0v) is 17.0. The van der Waals surface area contributed by atoms with Crippen molar-refractivity contribution in [3.63, 3.8) is 0 Å². The van der Waals surface area contributed by atoms with Gasteiger partial charge in [-0.05, 0) is 61.6 Å². The monoisotopic (exact) mass is 370 g/mol. The third-order valence-corrected chi connectivity index (χ3v) is 5.08. The third-order valence-electron chi connectivity index (χ3n) is 5.08. The summed E-state index contributed by atoms with van der Waals surface area (Å²) in [4.78, 5) is 24.3. The van der Waals surface area contributed by atoms with E-state index < -0.39 is 0 Å². The van der Waals surface area contributed by atoms with Crippen LogP contribution in [0.25, 0.3) is 0 Å². The van der Waals surface area contributed by atoms with E-state index in [1.54, 1.807) is 0 Å². The predicted molar refractivity (Wildman–Crippen MR) is 112 cm³/mol. The molecule has 1 aromatic rings. The number of benzene rings is 1. The van der Waals surface area contributed by atoms with Crippen molar-refractivity contribution in [2.45, 2.75) is 71.6 Å². The van der Waals surface area contributed by atoms with E-state index in [2.05, 4.69) is 30.6 Å². The van der Waals surface area contributed by atoms with Crippen molar-refractivity contribution in [1.82, 2.24) is 5.32 Å². The van der Waals surface area contributed by atoms with Crippen LogP contribution in [-0.2, 0) is 9.59 Å². The summed E-state index contributed by atoms with van der Waals surface area (Å²) < 4.78 is 0. The van der Waals surface area contributed by atoms with Crippen LogP contribution < -0.4 is 10.6 Å². The minimum Gasteiger partial charge on any atom is -0.356 e. The van der Waals surface area contributed by atoms with Crippen LogP contribution in [0.2, 0.25) is 0 Å². The number of nitrogens with one attached hydrogen (secondary N) is 2. The van der Waals surface area contributed by atoms with Crippen molar-refractivity contribution in [2.24, 2.45) is 5.92 Å². The Kier molecular flexibility index (Phi) is 8.56. The lowest BCUT2D eigenvalue weighted by Gasteiger charge is -2.14. The van der Waals surface area contributed by atoms with E-state index >= 15 is 0 Å². The third kappa shape index (κ3) is 7.98. The topological polar surface area (TPSA) is 58.2 Å². The zero-order chi connectivity index (χ0) is 19.6. The fourth-order valence-corrected chi connectivity index (χ4v) is 3.43. The van der Waals surface area contributed by atoms with Crippen molar-refractivity contribution in [2.75, 3.05) is 11.9 Å². The van der Waals surface area contributed by atoms with E-state index in [1.807, 2.05) is 31.2 Å². The van der Waals surface area contributed by atoms with Crippen LogP contribution in [0, 0.1) is 5.92 Å². The van der Waals surface area contributed by atoms with Gasteiger partial charge in [0, 0.05) is 25.1 Å². The molecule has 148 valence electrons. The van der Waals surface area contributed by atoms with Crippen LogP contribution in [-0.4, -0.2) is 18.4 Å². The Morgan fingerprint density at radius 3 is 2.33 bits per heavy atom. The van der Waals surface area contributed by atoms with Crippen LogP contribution in [0.5, 0.6) is 0 Å². The SMILES string of the molecule is CC(C)c1ccc(NC(=O)C[C@H](C)CC(=O)NCCC2=CCCCC2)cc1. The van der Waals surface area contributed by atoms with Crippen LogP contribution in [0.4, 0.5) is 5.69 Å². The summed E-state index contributed by atoms with van der Waals surface area (Å²) in [7, 11) is 0. The molecule has 0 saturated heterocycles. The number of carbonyl (C=O) groups excluding carboxylic acids is 2. The Labute approximate surface area is 163 Å². The lowest BCUT2D eigenvalue weighted by atomic mass is 9.97. The second kappa shape index (κ2) is 10.9. The van der Waals surface area contributed by atoms with Gasteiger partial charge in [0.2, 0.25) is 11.8 Å². The van der Waals surface area contributed by atoms with Gasteiger partial charge in [0.25, 0.3) is 0 Å². The van der Waals surface area contributed by atoms with E-state index in [0.717, 1.165) is 12.1 Å². The molecule has 2 rings (SSSR count). The summed E-state index contributed by atoms with van der Waals surface area (Å²) in [6.45, 7) is 6.94. The highest BCUT2D eigenvalue weighted by atomic mass is 16.2. The Balaban J connectivity index is 1.66. The first kappa shape index (κ1) is 21.2. The van der Waals surface area contributed by atoms with Crippen molar-refractivity contribution in [1.29, 1.82) is 0 Å². The molecule has 4 heteroatoms. The smallest absolute Gasteiger partial charge is 0.224 e. The Bertz CT molecular complexity index is 647. The van der Waals surface area contributed by atoms with Crippen molar-refractivity contribution < 1.29 is 9.59 Å². The highest BCUT2D eigenvalue weighted by Gasteiger charge is 2.14. The second-order valence-corrected chi connectivity index (χ2v) is 8.05. The number of amides is 2. The maximum atomic E-state index is 12.2. The standard InChI is InChI=1S/C23H34N2O2/c1-17(2)20-9-11-21(12-10-20)25-23(27)16-18(3)15-22(26)24-14-13-19-7-5-4-6-8-19/h7,9-12,17-18H,4-6,8,13-16H2,1-3H3,(H,24,26)(H,25,27)/t18-/m1/s1. The fourth-order valence-electron chi connectivity index (χ4n) is 3.43. The maximum absolute atomic E-state index is 12.2. The molecule has 2 N–H and O–H groups in total. The predicted octanol–water partition coefficient (Wildman–Crippen LogP) is 5.17. The van der Waals surface area contributed by atoms with E-state index in [-0.39, 0.29) is 17.7 Å². The molecule has 1 aromatic carbocycles. The normalized spacial score (nSPS) is 15.2. The van der Waals surface area contributed by atoms with Crippen molar-refractivity contribution in [3.8, 4) is 0 Å². The summed E-state index contributed by atoms with van der Waals surface area (Å²) >= 11 is 0. The van der Waals surface area contributed by atoms with Gasteiger partial charge in [0.1, 0.15) is 0 Å². The van der Waals surface area contributed by atoms with E-state index in [9.17, 15) is 9.59 Å². The molecule has 1 atom stereocenters. The summed E-state index contributed by atoms with van der Waals surface area (Å²) in [5, 5.41) is 5.91. The number of hydrogen-bond donors (Lipinski definition) is 2. The molecule has 0 aromatic heterocycles. The second-order valence-electron chi connectivity index (χ2n) is 8.05. The highest BCUT2D eigenvalue weighted by Crippen LogP contribution is 2.20. The van der Waals surface area contributed by atoms with Gasteiger partial charge in [-0.1, -0.05) is 44.6 Å². The molecule has 0 unspecified atom stereocenters. The number of hydrogen-bond acceptors (Lipinski definition) is 2. The number of allylic oxidation sites excluding steroid dienone is 1. The largest absolute Gasteiger partial charge is 0.356 e. The van der Waals surface area contributed by atoms with Gasteiger partial charge in [0.05, 0.1) is 0 Å². The molecule has 4 nitrogen and oxygen atoms in total. The minimum atomic E-state index is -0.0417. The lowest BCUT2D eigenvalue weighted by molar-refractivity contribution is -0.122. The molecular weight excluding hydrogens is 336 g/mol. The molecular formula is C23H34N2O2. The number of carbonyl (C=O) groups is 2. The quantitative estimate of drug-likeness (QED) is 0.589. The Hall–Kier alpha value is -2.10. The first-order valence-electron chi connectivity index (χ1n) is 10.3. The molecule has 0 radical (unpaired) electrons. The lowest BCUT2D eigenvalue weighted by Crippen LogP contribution is -2.27. The first-order valence-corrected chi connectivity index (χ1v) is 10.3. The molecule has 0 aliphatic heterocycles. The minimum absolute atomic E-state index is 0.0221. The van der Waals surface area contributed by atoms with Gasteiger partial charge >= 0.3 is 0 Å². The molecule has 0 heterocycles. The van der Waals surface area contributed by atoms with Crippen LogP contribution in [0.3, 0.4) is 0 Å². The van der Waals surface area contributed by atoms with Crippen LogP contribution in [0.1, 0.15) is 77.2 Å².